The first-order valence-electron chi connectivity index (χ1n) is 6.84. The summed E-state index contributed by atoms with van der Waals surface area (Å²) in [6.45, 7) is 0.424. The highest BCUT2D eigenvalue weighted by Gasteiger charge is 2.17. The van der Waals surface area contributed by atoms with Gasteiger partial charge >= 0.3 is 0 Å². The molecule has 0 saturated heterocycles. The summed E-state index contributed by atoms with van der Waals surface area (Å²) >= 11 is 0. The molecule has 0 fully saturated rings. The minimum atomic E-state index is -0.581. The summed E-state index contributed by atoms with van der Waals surface area (Å²) in [6, 6.07) is 7.26. The van der Waals surface area contributed by atoms with E-state index in [4.69, 9.17) is 5.73 Å². The monoisotopic (exact) mass is 270 g/mol. The summed E-state index contributed by atoms with van der Waals surface area (Å²) in [5.74, 6) is 0.849. The first kappa shape index (κ1) is 12.9. The van der Waals surface area contributed by atoms with Crippen LogP contribution in [-0.4, -0.2) is 21.6 Å². The molecule has 0 saturated carbocycles. The highest BCUT2D eigenvalue weighted by molar-refractivity contribution is 5.48. The first-order chi connectivity index (χ1) is 9.74. The van der Waals surface area contributed by atoms with Gasteiger partial charge in [0, 0.05) is 23.5 Å². The highest BCUT2D eigenvalue weighted by Crippen LogP contribution is 2.25. The number of nitrogens with one attached hydrogen (secondary N) is 1. The normalized spacial score (nSPS) is 14.8. The Bertz CT molecular complexity index is 597. The number of benzene rings is 1. The van der Waals surface area contributed by atoms with Crippen LogP contribution in [0.4, 0.5) is 11.5 Å². The molecule has 4 N–H and O–H groups in total. The van der Waals surface area contributed by atoms with Crippen molar-refractivity contribution >= 4 is 11.5 Å². The molecule has 1 aliphatic rings. The predicted molar refractivity (Wildman–Crippen MR) is 78.4 cm³/mol. The third kappa shape index (κ3) is 2.58. The zero-order valence-corrected chi connectivity index (χ0v) is 11.2. The van der Waals surface area contributed by atoms with Gasteiger partial charge in [-0.25, -0.2) is 9.97 Å². The van der Waals surface area contributed by atoms with Gasteiger partial charge in [0.2, 0.25) is 0 Å². The second-order valence-corrected chi connectivity index (χ2v) is 5.06. The Morgan fingerprint density at radius 3 is 2.80 bits per heavy atom. The summed E-state index contributed by atoms with van der Waals surface area (Å²) in [5, 5.41) is 13.4. The van der Waals surface area contributed by atoms with Gasteiger partial charge in [-0.3, -0.25) is 0 Å². The van der Waals surface area contributed by atoms with Gasteiger partial charge in [-0.2, -0.15) is 0 Å². The van der Waals surface area contributed by atoms with E-state index in [9.17, 15) is 5.11 Å². The van der Waals surface area contributed by atoms with Crippen molar-refractivity contribution in [2.75, 3.05) is 17.6 Å². The number of aromatic nitrogens is 2. The van der Waals surface area contributed by atoms with Gasteiger partial charge in [0.25, 0.3) is 0 Å². The molecule has 104 valence electrons. The number of aryl methyl sites for hydroxylation is 1. The van der Waals surface area contributed by atoms with E-state index >= 15 is 0 Å². The SMILES string of the molecule is Nc1ccc(C(O)CNc2ncnc3c2CCC3)cc1. The van der Waals surface area contributed by atoms with Crippen LogP contribution in [0, 0.1) is 0 Å². The van der Waals surface area contributed by atoms with Gasteiger partial charge < -0.3 is 16.2 Å². The lowest BCUT2D eigenvalue weighted by Crippen LogP contribution is -2.14. The summed E-state index contributed by atoms with van der Waals surface area (Å²) < 4.78 is 0. The Morgan fingerprint density at radius 1 is 1.20 bits per heavy atom. The Hall–Kier alpha value is -2.14. The number of aliphatic hydroxyl groups is 1. The predicted octanol–water partition coefficient (Wildman–Crippen LogP) is 1.69. The summed E-state index contributed by atoms with van der Waals surface area (Å²) in [7, 11) is 0. The maximum absolute atomic E-state index is 10.2. The molecule has 1 heterocycles. The number of nitrogen functional groups attached to an aromatic ring is 1. The molecule has 3 rings (SSSR count). The molecule has 20 heavy (non-hydrogen) atoms. The van der Waals surface area contributed by atoms with Crippen molar-refractivity contribution in [3.63, 3.8) is 0 Å². The number of hydrogen-bond acceptors (Lipinski definition) is 5. The fourth-order valence-electron chi connectivity index (χ4n) is 2.54. The lowest BCUT2D eigenvalue weighted by molar-refractivity contribution is 0.191. The third-order valence-corrected chi connectivity index (χ3v) is 3.66. The van der Waals surface area contributed by atoms with Crippen molar-refractivity contribution in [1.82, 2.24) is 9.97 Å². The second-order valence-electron chi connectivity index (χ2n) is 5.06. The molecule has 1 aromatic heterocycles. The molecule has 1 atom stereocenters. The summed E-state index contributed by atoms with van der Waals surface area (Å²) in [4.78, 5) is 8.56. The first-order valence-corrected chi connectivity index (χ1v) is 6.84. The van der Waals surface area contributed by atoms with Crippen LogP contribution in [0.1, 0.15) is 29.3 Å². The molecule has 1 unspecified atom stereocenters. The zero-order valence-electron chi connectivity index (χ0n) is 11.2. The fraction of sp³-hybridized carbons (Fsp3) is 0.333. The maximum atomic E-state index is 10.2. The van der Waals surface area contributed by atoms with E-state index in [-0.39, 0.29) is 0 Å². The van der Waals surface area contributed by atoms with E-state index < -0.39 is 6.10 Å². The minimum absolute atomic E-state index is 0.424. The fourth-order valence-corrected chi connectivity index (χ4v) is 2.54. The zero-order chi connectivity index (χ0) is 13.9. The molecule has 5 heteroatoms. The summed E-state index contributed by atoms with van der Waals surface area (Å²) in [6.07, 6.45) is 4.16. The van der Waals surface area contributed by atoms with Crippen molar-refractivity contribution in [2.24, 2.45) is 0 Å². The van der Waals surface area contributed by atoms with Crippen molar-refractivity contribution in [2.45, 2.75) is 25.4 Å². The molecule has 0 amide bonds. The third-order valence-electron chi connectivity index (χ3n) is 3.66. The molecular weight excluding hydrogens is 252 g/mol. The Kier molecular flexibility index (Phi) is 3.52. The number of hydrogen-bond donors (Lipinski definition) is 3. The average Bonchev–Trinajstić information content (AvgIpc) is 2.94. The van der Waals surface area contributed by atoms with Crippen LogP contribution in [-0.2, 0) is 12.8 Å². The topological polar surface area (TPSA) is 84.1 Å². The molecule has 1 aromatic carbocycles. The number of fused-ring (bicyclic) bond motifs is 1. The van der Waals surface area contributed by atoms with Crippen LogP contribution in [0.5, 0.6) is 0 Å². The van der Waals surface area contributed by atoms with Crippen molar-refractivity contribution in [3.05, 3.63) is 47.4 Å². The minimum Gasteiger partial charge on any atom is -0.399 e. The van der Waals surface area contributed by atoms with E-state index in [0.29, 0.717) is 12.2 Å². The molecule has 1 aliphatic carbocycles. The van der Waals surface area contributed by atoms with E-state index in [1.165, 1.54) is 5.56 Å². The van der Waals surface area contributed by atoms with Crippen molar-refractivity contribution < 1.29 is 5.11 Å². The smallest absolute Gasteiger partial charge is 0.132 e. The van der Waals surface area contributed by atoms with E-state index in [2.05, 4.69) is 15.3 Å². The van der Waals surface area contributed by atoms with Crippen LogP contribution in [0.2, 0.25) is 0 Å². The lowest BCUT2D eigenvalue weighted by Gasteiger charge is -2.14. The van der Waals surface area contributed by atoms with Crippen LogP contribution in [0.15, 0.2) is 30.6 Å². The van der Waals surface area contributed by atoms with E-state index in [1.807, 2.05) is 12.1 Å². The number of nitrogens with two attached hydrogens (primary N) is 1. The molecule has 0 bridgehead atoms. The largest absolute Gasteiger partial charge is 0.399 e. The van der Waals surface area contributed by atoms with Gasteiger partial charge in [0.15, 0.2) is 0 Å². The Balaban J connectivity index is 1.68. The standard InChI is InChI=1S/C15H18N4O/c16-11-6-4-10(5-7-11)14(20)8-17-15-12-2-1-3-13(12)18-9-19-15/h4-7,9,14,20H,1-3,8,16H2,(H,17,18,19). The van der Waals surface area contributed by atoms with Gasteiger partial charge in [0.05, 0.1) is 6.10 Å². The number of aliphatic hydroxyl groups excluding tert-OH is 1. The quantitative estimate of drug-likeness (QED) is 0.736. The highest BCUT2D eigenvalue weighted by atomic mass is 16.3. The molecule has 0 radical (unpaired) electrons. The van der Waals surface area contributed by atoms with Gasteiger partial charge in [-0.05, 0) is 37.0 Å². The molecule has 2 aromatic rings. The number of rotatable bonds is 4. The van der Waals surface area contributed by atoms with Crippen LogP contribution in [0.25, 0.3) is 0 Å². The van der Waals surface area contributed by atoms with Crippen LogP contribution >= 0.6 is 0 Å². The number of anilines is 2. The van der Waals surface area contributed by atoms with Crippen molar-refractivity contribution in [1.29, 1.82) is 0 Å². The Morgan fingerprint density at radius 2 is 2.00 bits per heavy atom. The van der Waals surface area contributed by atoms with Crippen molar-refractivity contribution in [3.8, 4) is 0 Å². The molecule has 0 spiro atoms. The van der Waals surface area contributed by atoms with E-state index in [1.54, 1.807) is 18.5 Å². The average molecular weight is 270 g/mol. The lowest BCUT2D eigenvalue weighted by atomic mass is 10.1. The molecule has 0 aliphatic heterocycles. The van der Waals surface area contributed by atoms with E-state index in [0.717, 1.165) is 36.3 Å². The van der Waals surface area contributed by atoms with Gasteiger partial charge in [-0.15, -0.1) is 0 Å². The van der Waals surface area contributed by atoms with Gasteiger partial charge in [0.1, 0.15) is 12.1 Å². The summed E-state index contributed by atoms with van der Waals surface area (Å²) in [5.41, 5.74) is 9.50. The molecular formula is C15H18N4O. The van der Waals surface area contributed by atoms with Crippen LogP contribution in [0.3, 0.4) is 0 Å². The Labute approximate surface area is 117 Å². The second kappa shape index (κ2) is 5.46. The van der Waals surface area contributed by atoms with Crippen LogP contribution < -0.4 is 11.1 Å². The molecule has 5 nitrogen and oxygen atoms in total. The maximum Gasteiger partial charge on any atom is 0.132 e. The van der Waals surface area contributed by atoms with Gasteiger partial charge in [-0.1, -0.05) is 12.1 Å². The number of nitrogens with zero attached hydrogens (tertiary/aromatic N) is 2.